The zero-order chi connectivity index (χ0) is 14.6. The largest absolute Gasteiger partial charge is 0.299 e. The topological polar surface area (TPSA) is 17.1 Å². The molecule has 0 atom stereocenters. The normalized spacial score (nSPS) is 10.7. The molecule has 1 aromatic carbocycles. The molecule has 0 unspecified atom stereocenters. The minimum Gasteiger partial charge on any atom is -0.299 e. The molecule has 0 aromatic heterocycles. The van der Waals surface area contributed by atoms with Crippen LogP contribution in [0, 0.1) is 0 Å². The minimum absolute atomic E-state index is 0.391. The fraction of sp³-hybridized carbons (Fsp3) is 0.632. The van der Waals surface area contributed by atoms with Crippen molar-refractivity contribution in [2.45, 2.75) is 78.1 Å². The molecule has 20 heavy (non-hydrogen) atoms. The Bertz CT molecular complexity index is 364. The monoisotopic (exact) mass is 274 g/mol. The summed E-state index contributed by atoms with van der Waals surface area (Å²) in [6.07, 6.45) is 11.3. The number of ketones is 1. The molecule has 1 heteroatoms. The highest BCUT2D eigenvalue weighted by atomic mass is 16.1. The van der Waals surface area contributed by atoms with E-state index in [1.54, 1.807) is 0 Å². The van der Waals surface area contributed by atoms with E-state index in [4.69, 9.17) is 0 Å². The van der Waals surface area contributed by atoms with Crippen LogP contribution in [0.15, 0.2) is 24.3 Å². The van der Waals surface area contributed by atoms with E-state index in [1.165, 1.54) is 44.1 Å². The first-order valence-electron chi connectivity index (χ1n) is 8.35. The SMILES string of the molecule is CCCCCCCCCC(=O)Cc1ccc(CC)cc1. The van der Waals surface area contributed by atoms with E-state index in [0.717, 1.165) is 24.8 Å². The van der Waals surface area contributed by atoms with Crippen molar-refractivity contribution in [3.05, 3.63) is 35.4 Å². The molecule has 0 aliphatic rings. The smallest absolute Gasteiger partial charge is 0.137 e. The van der Waals surface area contributed by atoms with Crippen molar-refractivity contribution in [2.75, 3.05) is 0 Å². The lowest BCUT2D eigenvalue weighted by molar-refractivity contribution is -0.118. The summed E-state index contributed by atoms with van der Waals surface area (Å²) in [4.78, 5) is 11.9. The molecule has 0 saturated heterocycles. The molecular weight excluding hydrogens is 244 g/mol. The Hall–Kier alpha value is -1.11. The molecular formula is C19H30O. The van der Waals surface area contributed by atoms with Crippen molar-refractivity contribution < 1.29 is 4.79 Å². The maximum atomic E-state index is 11.9. The van der Waals surface area contributed by atoms with Gasteiger partial charge in [0.2, 0.25) is 0 Å². The van der Waals surface area contributed by atoms with Gasteiger partial charge in [0.05, 0.1) is 0 Å². The van der Waals surface area contributed by atoms with E-state index in [-0.39, 0.29) is 0 Å². The average Bonchev–Trinajstić information content (AvgIpc) is 2.47. The zero-order valence-corrected chi connectivity index (χ0v) is 13.3. The van der Waals surface area contributed by atoms with Gasteiger partial charge < -0.3 is 0 Å². The summed E-state index contributed by atoms with van der Waals surface area (Å²) < 4.78 is 0. The van der Waals surface area contributed by atoms with Crippen LogP contribution < -0.4 is 0 Å². The summed E-state index contributed by atoms with van der Waals surface area (Å²) in [6, 6.07) is 8.47. The Morgan fingerprint density at radius 1 is 0.800 bits per heavy atom. The number of Topliss-reactive ketones (excluding diaryl/α,β-unsaturated/α-hetero) is 1. The Kier molecular flexibility index (Phi) is 9.02. The van der Waals surface area contributed by atoms with Gasteiger partial charge in [-0.3, -0.25) is 4.79 Å². The van der Waals surface area contributed by atoms with Crippen LogP contribution in [-0.4, -0.2) is 5.78 Å². The summed E-state index contributed by atoms with van der Waals surface area (Å²) in [7, 11) is 0. The van der Waals surface area contributed by atoms with Crippen molar-refractivity contribution in [3.8, 4) is 0 Å². The van der Waals surface area contributed by atoms with E-state index in [0.29, 0.717) is 12.2 Å². The molecule has 1 aromatic rings. The number of unbranched alkanes of at least 4 members (excludes halogenated alkanes) is 6. The molecule has 112 valence electrons. The van der Waals surface area contributed by atoms with Crippen molar-refractivity contribution in [2.24, 2.45) is 0 Å². The third-order valence-corrected chi connectivity index (χ3v) is 3.89. The number of carbonyl (C=O) groups excluding carboxylic acids is 1. The Labute approximate surface area is 124 Å². The highest BCUT2D eigenvalue weighted by Crippen LogP contribution is 2.11. The Morgan fingerprint density at radius 3 is 1.95 bits per heavy atom. The first-order valence-corrected chi connectivity index (χ1v) is 8.35. The maximum absolute atomic E-state index is 11.9. The number of hydrogen-bond donors (Lipinski definition) is 0. The van der Waals surface area contributed by atoms with Crippen molar-refractivity contribution >= 4 is 5.78 Å². The van der Waals surface area contributed by atoms with Gasteiger partial charge in [0.25, 0.3) is 0 Å². The van der Waals surface area contributed by atoms with E-state index < -0.39 is 0 Å². The van der Waals surface area contributed by atoms with Gasteiger partial charge >= 0.3 is 0 Å². The van der Waals surface area contributed by atoms with E-state index in [1.807, 2.05) is 0 Å². The zero-order valence-electron chi connectivity index (χ0n) is 13.3. The summed E-state index contributed by atoms with van der Waals surface area (Å²) in [5, 5.41) is 0. The second-order valence-corrected chi connectivity index (χ2v) is 5.76. The fourth-order valence-electron chi connectivity index (χ4n) is 2.49. The second kappa shape index (κ2) is 10.7. The molecule has 1 nitrogen and oxygen atoms in total. The number of rotatable bonds is 11. The summed E-state index contributed by atoms with van der Waals surface area (Å²) in [5.41, 5.74) is 2.50. The van der Waals surface area contributed by atoms with Crippen molar-refractivity contribution in [1.82, 2.24) is 0 Å². The van der Waals surface area contributed by atoms with Gasteiger partial charge in [0.1, 0.15) is 5.78 Å². The van der Waals surface area contributed by atoms with Crippen molar-refractivity contribution in [1.29, 1.82) is 0 Å². The molecule has 0 saturated carbocycles. The van der Waals surface area contributed by atoms with Gasteiger partial charge in [-0.15, -0.1) is 0 Å². The van der Waals surface area contributed by atoms with Gasteiger partial charge in [-0.2, -0.15) is 0 Å². The van der Waals surface area contributed by atoms with Crippen LogP contribution in [0.2, 0.25) is 0 Å². The molecule has 0 spiro atoms. The number of benzene rings is 1. The lowest BCUT2D eigenvalue weighted by Gasteiger charge is -2.03. The Balaban J connectivity index is 2.10. The van der Waals surface area contributed by atoms with Crippen LogP contribution in [0.5, 0.6) is 0 Å². The van der Waals surface area contributed by atoms with Crippen LogP contribution in [-0.2, 0) is 17.6 Å². The van der Waals surface area contributed by atoms with E-state index >= 15 is 0 Å². The predicted molar refractivity (Wildman–Crippen MR) is 87.1 cm³/mol. The fourth-order valence-corrected chi connectivity index (χ4v) is 2.49. The quantitative estimate of drug-likeness (QED) is 0.487. The van der Waals surface area contributed by atoms with Gasteiger partial charge in [-0.1, -0.05) is 76.6 Å². The third kappa shape index (κ3) is 7.47. The number of carbonyl (C=O) groups is 1. The lowest BCUT2D eigenvalue weighted by Crippen LogP contribution is -2.02. The van der Waals surface area contributed by atoms with E-state index in [2.05, 4.69) is 38.1 Å². The Morgan fingerprint density at radius 2 is 1.35 bits per heavy atom. The second-order valence-electron chi connectivity index (χ2n) is 5.76. The minimum atomic E-state index is 0.391. The molecule has 0 amide bonds. The highest BCUT2D eigenvalue weighted by Gasteiger charge is 2.03. The number of aryl methyl sites for hydroxylation is 1. The summed E-state index contributed by atoms with van der Waals surface area (Å²) in [6.45, 7) is 4.40. The molecule has 0 fully saturated rings. The van der Waals surface area contributed by atoms with Gasteiger partial charge in [0.15, 0.2) is 0 Å². The molecule has 0 heterocycles. The van der Waals surface area contributed by atoms with Crippen LogP contribution >= 0.6 is 0 Å². The molecule has 0 aliphatic heterocycles. The first kappa shape index (κ1) is 16.9. The molecule has 0 N–H and O–H groups in total. The van der Waals surface area contributed by atoms with Gasteiger partial charge in [0, 0.05) is 12.8 Å². The average molecular weight is 274 g/mol. The van der Waals surface area contributed by atoms with Gasteiger partial charge in [-0.05, 0) is 24.0 Å². The maximum Gasteiger partial charge on any atom is 0.137 e. The van der Waals surface area contributed by atoms with E-state index in [9.17, 15) is 4.79 Å². The summed E-state index contributed by atoms with van der Waals surface area (Å²) >= 11 is 0. The van der Waals surface area contributed by atoms with Gasteiger partial charge in [-0.25, -0.2) is 0 Å². The molecule has 0 bridgehead atoms. The predicted octanol–water partition coefficient (Wildman–Crippen LogP) is 5.50. The van der Waals surface area contributed by atoms with Crippen LogP contribution in [0.4, 0.5) is 0 Å². The number of hydrogen-bond acceptors (Lipinski definition) is 1. The highest BCUT2D eigenvalue weighted by molar-refractivity contribution is 5.80. The van der Waals surface area contributed by atoms with Crippen LogP contribution in [0.25, 0.3) is 0 Å². The third-order valence-electron chi connectivity index (χ3n) is 3.89. The molecule has 0 aliphatic carbocycles. The van der Waals surface area contributed by atoms with Crippen LogP contribution in [0.1, 0.15) is 76.3 Å². The summed E-state index contributed by atoms with van der Waals surface area (Å²) in [5.74, 6) is 0.391. The molecule has 0 radical (unpaired) electrons. The molecule has 1 rings (SSSR count). The lowest BCUT2D eigenvalue weighted by atomic mass is 10.0. The first-order chi connectivity index (χ1) is 9.76. The van der Waals surface area contributed by atoms with Crippen molar-refractivity contribution in [3.63, 3.8) is 0 Å². The van der Waals surface area contributed by atoms with Crippen LogP contribution in [0.3, 0.4) is 0 Å². The standard InChI is InChI=1S/C19H30O/c1-3-5-6-7-8-9-10-11-19(20)16-18-14-12-17(4-2)13-15-18/h12-15H,3-11,16H2,1-2H3.